The molecule has 6 heteroatoms. The van der Waals surface area contributed by atoms with E-state index in [0.717, 1.165) is 37.4 Å². The van der Waals surface area contributed by atoms with Crippen molar-refractivity contribution < 1.29 is 9.53 Å². The van der Waals surface area contributed by atoms with Gasteiger partial charge in [-0.2, -0.15) is 5.26 Å². The predicted molar refractivity (Wildman–Crippen MR) is 71.5 cm³/mol. The molecule has 2 rings (SSSR count). The van der Waals surface area contributed by atoms with E-state index >= 15 is 0 Å². The molecule has 0 aliphatic carbocycles. The van der Waals surface area contributed by atoms with E-state index in [1.165, 1.54) is 18.4 Å². The maximum atomic E-state index is 11.2. The molecule has 0 aliphatic rings. The summed E-state index contributed by atoms with van der Waals surface area (Å²) in [7, 11) is 1.36. The second-order valence-corrected chi connectivity index (χ2v) is 5.58. The number of thiocyanates is 1. The fraction of sp³-hybridized carbons (Fsp3) is 0.250. The molecule has 18 heavy (non-hydrogen) atoms. The number of esters is 1. The van der Waals surface area contributed by atoms with Gasteiger partial charge in [-0.05, 0) is 36.4 Å². The number of methoxy groups -OCH3 is 1. The molecule has 1 heterocycles. The Morgan fingerprint density at radius 2 is 2.39 bits per heavy atom. The molecule has 0 saturated carbocycles. The lowest BCUT2D eigenvalue weighted by Crippen LogP contribution is -2.03. The van der Waals surface area contributed by atoms with Crippen molar-refractivity contribution in [2.24, 2.45) is 0 Å². The van der Waals surface area contributed by atoms with Crippen molar-refractivity contribution in [1.29, 1.82) is 5.26 Å². The first-order valence-corrected chi connectivity index (χ1v) is 6.80. The molecule has 0 atom stereocenters. The zero-order valence-electron chi connectivity index (χ0n) is 9.89. The normalized spacial score (nSPS) is 10.3. The minimum absolute atomic E-state index is 0.190. The quantitative estimate of drug-likeness (QED) is 0.491. The molecule has 0 N–H and O–H groups in total. The molecule has 2 aromatic rings. The number of nitriles is 1. The molecule has 1 aromatic carbocycles. The van der Waals surface area contributed by atoms with Gasteiger partial charge < -0.3 is 4.74 Å². The predicted octanol–water partition coefficient (Wildman–Crippen LogP) is 2.89. The highest BCUT2D eigenvalue weighted by atomic mass is 32.2. The monoisotopic (exact) mass is 278 g/mol. The second-order valence-electron chi connectivity index (χ2n) is 3.64. The maximum absolute atomic E-state index is 11.2. The van der Waals surface area contributed by atoms with Crippen LogP contribution in [0.1, 0.15) is 10.6 Å². The van der Waals surface area contributed by atoms with E-state index in [4.69, 9.17) is 5.26 Å². The summed E-state index contributed by atoms with van der Waals surface area (Å²) in [6.07, 6.45) is 0.190. The smallest absolute Gasteiger partial charge is 0.312 e. The summed E-state index contributed by atoms with van der Waals surface area (Å²) in [5, 5.41) is 11.5. The van der Waals surface area contributed by atoms with Crippen molar-refractivity contribution in [2.45, 2.75) is 18.2 Å². The summed E-state index contributed by atoms with van der Waals surface area (Å²) in [5.74, 6) is -0.294. The van der Waals surface area contributed by atoms with E-state index in [2.05, 4.69) is 15.1 Å². The third kappa shape index (κ3) is 2.63. The molecular formula is C12H10N2O2S2. The topological polar surface area (TPSA) is 63.0 Å². The number of carbonyl (C=O) groups excluding carboxylic acids is 1. The molecular weight excluding hydrogens is 268 g/mol. The van der Waals surface area contributed by atoms with Crippen molar-refractivity contribution in [1.82, 2.24) is 4.98 Å². The van der Waals surface area contributed by atoms with Crippen LogP contribution in [0.15, 0.2) is 17.0 Å². The summed E-state index contributed by atoms with van der Waals surface area (Å²) < 4.78 is 5.60. The summed E-state index contributed by atoms with van der Waals surface area (Å²) >= 11 is 2.59. The number of benzene rings is 1. The Balaban J connectivity index is 2.39. The number of thiazole rings is 1. The van der Waals surface area contributed by atoms with Crippen LogP contribution in [-0.4, -0.2) is 18.1 Å². The number of thioether (sulfide) groups is 1. The van der Waals surface area contributed by atoms with Crippen LogP contribution >= 0.6 is 23.1 Å². The Kier molecular flexibility index (Phi) is 3.84. The molecule has 92 valence electrons. The van der Waals surface area contributed by atoms with Gasteiger partial charge in [0.15, 0.2) is 0 Å². The van der Waals surface area contributed by atoms with E-state index in [1.807, 2.05) is 19.1 Å². The molecule has 0 fully saturated rings. The van der Waals surface area contributed by atoms with E-state index in [0.29, 0.717) is 0 Å². The van der Waals surface area contributed by atoms with Crippen LogP contribution in [0.3, 0.4) is 0 Å². The highest BCUT2D eigenvalue weighted by Gasteiger charge is 2.11. The third-order valence-corrected chi connectivity index (χ3v) is 4.18. The number of rotatable bonds is 3. The lowest BCUT2D eigenvalue weighted by atomic mass is 10.2. The molecule has 0 saturated heterocycles. The molecule has 0 spiro atoms. The molecule has 1 aromatic heterocycles. The highest BCUT2D eigenvalue weighted by molar-refractivity contribution is 8.03. The maximum Gasteiger partial charge on any atom is 0.312 e. The Morgan fingerprint density at radius 3 is 3.06 bits per heavy atom. The highest BCUT2D eigenvalue weighted by Crippen LogP contribution is 2.30. The van der Waals surface area contributed by atoms with Gasteiger partial charge in [-0.1, -0.05) is 0 Å². The van der Waals surface area contributed by atoms with Gasteiger partial charge >= 0.3 is 5.97 Å². The lowest BCUT2D eigenvalue weighted by Gasteiger charge is -1.98. The molecule has 0 aliphatic heterocycles. The van der Waals surface area contributed by atoms with Crippen LogP contribution in [-0.2, 0) is 16.0 Å². The van der Waals surface area contributed by atoms with E-state index in [-0.39, 0.29) is 12.4 Å². The van der Waals surface area contributed by atoms with Crippen molar-refractivity contribution in [3.05, 3.63) is 22.7 Å². The van der Waals surface area contributed by atoms with Gasteiger partial charge in [0.2, 0.25) is 0 Å². The van der Waals surface area contributed by atoms with Crippen LogP contribution in [0.5, 0.6) is 0 Å². The van der Waals surface area contributed by atoms with Crippen LogP contribution in [0.4, 0.5) is 0 Å². The van der Waals surface area contributed by atoms with Crippen molar-refractivity contribution in [3.63, 3.8) is 0 Å². The molecule has 4 nitrogen and oxygen atoms in total. The van der Waals surface area contributed by atoms with Gasteiger partial charge in [-0.15, -0.1) is 11.3 Å². The minimum atomic E-state index is -0.294. The van der Waals surface area contributed by atoms with Crippen LogP contribution < -0.4 is 0 Å². The molecule has 0 radical (unpaired) electrons. The van der Waals surface area contributed by atoms with Gasteiger partial charge in [0.1, 0.15) is 10.4 Å². The fourth-order valence-corrected chi connectivity index (χ4v) is 3.08. The van der Waals surface area contributed by atoms with Gasteiger partial charge in [0.05, 0.1) is 23.7 Å². The zero-order valence-corrected chi connectivity index (χ0v) is 11.5. The number of hydrogen-bond donors (Lipinski definition) is 0. The van der Waals surface area contributed by atoms with E-state index < -0.39 is 0 Å². The fourth-order valence-electron chi connectivity index (χ4n) is 1.54. The number of fused-ring (bicyclic) bond motifs is 1. The summed E-state index contributed by atoms with van der Waals surface area (Å²) in [6.45, 7) is 1.94. The molecule has 0 unspecified atom stereocenters. The summed E-state index contributed by atoms with van der Waals surface area (Å²) in [4.78, 5) is 16.5. The van der Waals surface area contributed by atoms with Gasteiger partial charge in [-0.3, -0.25) is 4.79 Å². The Labute approximate surface area is 113 Å². The summed E-state index contributed by atoms with van der Waals surface area (Å²) in [5.41, 5.74) is 1.88. The van der Waals surface area contributed by atoms with Gasteiger partial charge in [-0.25, -0.2) is 4.98 Å². The van der Waals surface area contributed by atoms with Crippen LogP contribution in [0.2, 0.25) is 0 Å². The average molecular weight is 278 g/mol. The number of ether oxygens (including phenoxy) is 1. The minimum Gasteiger partial charge on any atom is -0.469 e. The molecule has 0 amide bonds. The molecule has 0 bridgehead atoms. The lowest BCUT2D eigenvalue weighted by molar-refractivity contribution is -0.139. The Morgan fingerprint density at radius 1 is 1.61 bits per heavy atom. The van der Waals surface area contributed by atoms with E-state index in [1.54, 1.807) is 0 Å². The second kappa shape index (κ2) is 5.38. The van der Waals surface area contributed by atoms with Crippen molar-refractivity contribution in [3.8, 4) is 5.40 Å². The van der Waals surface area contributed by atoms with Crippen LogP contribution in [0.25, 0.3) is 10.2 Å². The summed E-state index contributed by atoms with van der Waals surface area (Å²) in [6, 6.07) is 3.88. The van der Waals surface area contributed by atoms with Gasteiger partial charge in [0.25, 0.3) is 0 Å². The number of hydrogen-bond acceptors (Lipinski definition) is 6. The van der Waals surface area contributed by atoms with Crippen molar-refractivity contribution in [2.75, 3.05) is 7.11 Å². The van der Waals surface area contributed by atoms with Crippen LogP contribution in [0, 0.1) is 17.6 Å². The first kappa shape index (κ1) is 12.9. The Hall–Kier alpha value is -1.58. The number of aromatic nitrogens is 1. The largest absolute Gasteiger partial charge is 0.469 e. The Bertz CT molecular complexity index is 643. The number of carbonyl (C=O) groups is 1. The number of aryl methyl sites for hydroxylation is 1. The standard InChI is InChI=1S/C12H10N2O2S2/c1-7-3-8-10(4-9(7)17-6-13)18-11(14-8)5-12(15)16-2/h3-4H,5H2,1-2H3. The first-order valence-electron chi connectivity index (χ1n) is 5.17. The SMILES string of the molecule is COC(=O)Cc1nc2cc(C)c(SC#N)cc2s1. The average Bonchev–Trinajstić information content (AvgIpc) is 2.71. The van der Waals surface area contributed by atoms with Gasteiger partial charge in [0, 0.05) is 4.90 Å². The third-order valence-electron chi connectivity index (χ3n) is 2.41. The van der Waals surface area contributed by atoms with E-state index in [9.17, 15) is 4.79 Å². The van der Waals surface area contributed by atoms with Crippen molar-refractivity contribution >= 4 is 39.3 Å². The first-order chi connectivity index (χ1) is 8.63. The zero-order chi connectivity index (χ0) is 13.1. The number of nitrogens with zero attached hydrogens (tertiary/aromatic N) is 2.